The number of ether oxygens (including phenoxy) is 1. The number of amides is 3. The van der Waals surface area contributed by atoms with E-state index in [2.05, 4.69) is 15.5 Å². The number of anilines is 3. The van der Waals surface area contributed by atoms with Gasteiger partial charge in [-0.05, 0) is 37.1 Å². The normalized spacial score (nSPS) is 19.3. The Hall–Kier alpha value is -3.06. The number of morpholine rings is 1. The fourth-order valence-corrected chi connectivity index (χ4v) is 3.99. The van der Waals surface area contributed by atoms with E-state index in [4.69, 9.17) is 4.74 Å². The highest BCUT2D eigenvalue weighted by atomic mass is 16.5. The zero-order chi connectivity index (χ0) is 20.8. The van der Waals surface area contributed by atoms with Crippen LogP contribution in [0.2, 0.25) is 0 Å². The number of para-hydroxylation sites is 3. The molecule has 2 aliphatic rings. The minimum absolute atomic E-state index is 0.0343. The molecule has 0 spiro atoms. The van der Waals surface area contributed by atoms with Gasteiger partial charge in [-0.3, -0.25) is 4.79 Å². The van der Waals surface area contributed by atoms with Crippen LogP contribution >= 0.6 is 0 Å². The number of urea groups is 1. The lowest BCUT2D eigenvalue weighted by Crippen LogP contribution is -2.45. The third kappa shape index (κ3) is 4.91. The van der Waals surface area contributed by atoms with Crippen molar-refractivity contribution >= 4 is 29.0 Å². The molecule has 2 saturated heterocycles. The number of rotatable bonds is 4. The van der Waals surface area contributed by atoms with Gasteiger partial charge in [0.1, 0.15) is 0 Å². The van der Waals surface area contributed by atoms with Gasteiger partial charge in [-0.25, -0.2) is 4.79 Å². The van der Waals surface area contributed by atoms with Crippen molar-refractivity contribution in [2.45, 2.75) is 12.8 Å². The summed E-state index contributed by atoms with van der Waals surface area (Å²) < 4.78 is 5.44. The number of likely N-dealkylation sites (tertiary alicyclic amines) is 1. The van der Waals surface area contributed by atoms with Gasteiger partial charge in [0.05, 0.1) is 30.5 Å². The number of hydrogen-bond donors (Lipinski definition) is 2. The van der Waals surface area contributed by atoms with Crippen LogP contribution < -0.4 is 15.5 Å². The largest absolute Gasteiger partial charge is 0.378 e. The number of hydrogen-bond acceptors (Lipinski definition) is 4. The summed E-state index contributed by atoms with van der Waals surface area (Å²) in [7, 11) is 0. The molecular weight excluding hydrogens is 380 g/mol. The summed E-state index contributed by atoms with van der Waals surface area (Å²) in [6.45, 7) is 4.08. The van der Waals surface area contributed by atoms with Gasteiger partial charge in [-0.1, -0.05) is 30.3 Å². The molecule has 2 aromatic rings. The van der Waals surface area contributed by atoms with Gasteiger partial charge < -0.3 is 25.2 Å². The van der Waals surface area contributed by atoms with Gasteiger partial charge in [0.2, 0.25) is 5.91 Å². The Morgan fingerprint density at radius 2 is 1.63 bits per heavy atom. The molecule has 4 rings (SSSR count). The van der Waals surface area contributed by atoms with Crippen LogP contribution in [0.1, 0.15) is 12.8 Å². The molecule has 0 aliphatic carbocycles. The van der Waals surface area contributed by atoms with E-state index in [1.165, 1.54) is 0 Å². The van der Waals surface area contributed by atoms with E-state index in [1.54, 1.807) is 4.90 Å². The maximum Gasteiger partial charge on any atom is 0.321 e. The second-order valence-electron chi connectivity index (χ2n) is 7.69. The summed E-state index contributed by atoms with van der Waals surface area (Å²) in [4.78, 5) is 29.6. The van der Waals surface area contributed by atoms with Crippen molar-refractivity contribution < 1.29 is 14.3 Å². The number of carbonyl (C=O) groups excluding carboxylic acids is 2. The number of nitrogens with zero attached hydrogens (tertiary/aromatic N) is 2. The smallest absolute Gasteiger partial charge is 0.321 e. The minimum atomic E-state index is -0.224. The predicted molar refractivity (Wildman–Crippen MR) is 118 cm³/mol. The summed E-state index contributed by atoms with van der Waals surface area (Å²) in [5, 5.41) is 6.02. The molecule has 2 aromatic carbocycles. The van der Waals surface area contributed by atoms with Crippen LogP contribution in [0.15, 0.2) is 54.6 Å². The van der Waals surface area contributed by atoms with Crippen LogP contribution in [0.3, 0.4) is 0 Å². The van der Waals surface area contributed by atoms with Gasteiger partial charge in [0.15, 0.2) is 0 Å². The van der Waals surface area contributed by atoms with E-state index in [1.807, 2.05) is 54.6 Å². The topological polar surface area (TPSA) is 73.9 Å². The van der Waals surface area contributed by atoms with Crippen molar-refractivity contribution in [3.05, 3.63) is 54.6 Å². The highest BCUT2D eigenvalue weighted by Crippen LogP contribution is 2.28. The zero-order valence-electron chi connectivity index (χ0n) is 17.0. The van der Waals surface area contributed by atoms with Gasteiger partial charge in [-0.15, -0.1) is 0 Å². The first-order valence-corrected chi connectivity index (χ1v) is 10.5. The Bertz CT molecular complexity index is 868. The van der Waals surface area contributed by atoms with Gasteiger partial charge in [0, 0.05) is 31.9 Å². The van der Waals surface area contributed by atoms with Gasteiger partial charge in [0.25, 0.3) is 0 Å². The van der Waals surface area contributed by atoms with Crippen molar-refractivity contribution in [2.24, 2.45) is 5.92 Å². The fraction of sp³-hybridized carbons (Fsp3) is 0.391. The van der Waals surface area contributed by atoms with Crippen LogP contribution in [0.25, 0.3) is 0 Å². The molecule has 2 aliphatic heterocycles. The van der Waals surface area contributed by atoms with Crippen LogP contribution in [0, 0.1) is 5.92 Å². The molecule has 0 aromatic heterocycles. The summed E-state index contributed by atoms with van der Waals surface area (Å²) >= 11 is 0. The van der Waals surface area contributed by atoms with Gasteiger partial charge in [-0.2, -0.15) is 0 Å². The molecule has 3 amide bonds. The lowest BCUT2D eigenvalue weighted by atomic mass is 9.97. The second-order valence-corrected chi connectivity index (χ2v) is 7.69. The number of benzene rings is 2. The Morgan fingerprint density at radius 3 is 2.43 bits per heavy atom. The first-order valence-electron chi connectivity index (χ1n) is 10.5. The Morgan fingerprint density at radius 1 is 0.900 bits per heavy atom. The highest BCUT2D eigenvalue weighted by Gasteiger charge is 2.29. The van der Waals surface area contributed by atoms with Crippen molar-refractivity contribution in [3.8, 4) is 0 Å². The predicted octanol–water partition coefficient (Wildman–Crippen LogP) is 3.41. The second kappa shape index (κ2) is 9.63. The molecule has 7 nitrogen and oxygen atoms in total. The molecule has 2 N–H and O–H groups in total. The maximum absolute atomic E-state index is 13.0. The lowest BCUT2D eigenvalue weighted by Gasteiger charge is -2.33. The average Bonchev–Trinajstić information content (AvgIpc) is 2.81. The molecule has 2 heterocycles. The summed E-state index contributed by atoms with van der Waals surface area (Å²) in [5.41, 5.74) is 2.59. The molecule has 0 saturated carbocycles. The molecule has 0 unspecified atom stereocenters. The Labute approximate surface area is 177 Å². The minimum Gasteiger partial charge on any atom is -0.378 e. The average molecular weight is 409 g/mol. The van der Waals surface area contributed by atoms with E-state index in [-0.39, 0.29) is 17.9 Å². The SMILES string of the molecule is O=C(Nc1ccccc1N1CCOCC1)[C@@H]1CCCN(C(=O)Nc2ccccc2)C1. The molecule has 1 atom stereocenters. The Kier molecular flexibility index (Phi) is 6.49. The van der Waals surface area contributed by atoms with Crippen molar-refractivity contribution in [2.75, 3.05) is 54.9 Å². The standard InChI is InChI=1S/C23H28N4O3/c28-22(25-20-10-4-5-11-21(20)26-13-15-30-16-14-26)18-7-6-12-27(17-18)23(29)24-19-8-2-1-3-9-19/h1-5,8-11,18H,6-7,12-17H2,(H,24,29)(H,25,28)/t18-/m1/s1. The van der Waals surface area contributed by atoms with Crippen LogP contribution in [0.4, 0.5) is 21.9 Å². The van der Waals surface area contributed by atoms with Crippen molar-refractivity contribution in [3.63, 3.8) is 0 Å². The molecular formula is C23H28N4O3. The quantitative estimate of drug-likeness (QED) is 0.813. The first kappa shape index (κ1) is 20.2. The fourth-order valence-electron chi connectivity index (χ4n) is 3.99. The van der Waals surface area contributed by atoms with Crippen molar-refractivity contribution in [1.29, 1.82) is 0 Å². The highest BCUT2D eigenvalue weighted by molar-refractivity contribution is 5.97. The first-order chi connectivity index (χ1) is 14.7. The van der Waals surface area contributed by atoms with E-state index in [9.17, 15) is 9.59 Å². The van der Waals surface area contributed by atoms with Crippen LogP contribution in [-0.4, -0.2) is 56.2 Å². The lowest BCUT2D eigenvalue weighted by molar-refractivity contribution is -0.121. The molecule has 7 heteroatoms. The molecule has 0 bridgehead atoms. The van der Waals surface area contributed by atoms with Crippen LogP contribution in [0.5, 0.6) is 0 Å². The third-order valence-corrected chi connectivity index (χ3v) is 5.62. The summed E-state index contributed by atoms with van der Waals surface area (Å²) in [6.07, 6.45) is 1.59. The number of nitrogens with one attached hydrogen (secondary N) is 2. The number of piperidine rings is 1. The van der Waals surface area contributed by atoms with E-state index < -0.39 is 0 Å². The zero-order valence-corrected chi connectivity index (χ0v) is 17.0. The molecule has 2 fully saturated rings. The molecule has 30 heavy (non-hydrogen) atoms. The van der Waals surface area contributed by atoms with E-state index >= 15 is 0 Å². The molecule has 0 radical (unpaired) electrons. The monoisotopic (exact) mass is 408 g/mol. The van der Waals surface area contributed by atoms with E-state index in [0.717, 1.165) is 43.0 Å². The third-order valence-electron chi connectivity index (χ3n) is 5.62. The van der Waals surface area contributed by atoms with Crippen molar-refractivity contribution in [1.82, 2.24) is 4.90 Å². The van der Waals surface area contributed by atoms with E-state index in [0.29, 0.717) is 26.3 Å². The number of carbonyl (C=O) groups is 2. The van der Waals surface area contributed by atoms with Crippen LogP contribution in [-0.2, 0) is 9.53 Å². The summed E-state index contributed by atoms with van der Waals surface area (Å²) in [5.74, 6) is -0.258. The Balaban J connectivity index is 1.38. The summed E-state index contributed by atoms with van der Waals surface area (Å²) in [6, 6.07) is 17.1. The maximum atomic E-state index is 13.0. The molecule has 158 valence electrons. The van der Waals surface area contributed by atoms with Gasteiger partial charge >= 0.3 is 6.03 Å².